The van der Waals surface area contributed by atoms with Crippen molar-refractivity contribution in [1.82, 2.24) is 15.4 Å². The van der Waals surface area contributed by atoms with Crippen LogP contribution in [0.3, 0.4) is 0 Å². The standard InChI is InChI=1S/C2H6N6/c3-1-2(5-4)7-8-6-1/h4H2,(H4,3,5,6,7,8). The maximum absolute atomic E-state index is 5.20. The van der Waals surface area contributed by atoms with Crippen molar-refractivity contribution in [1.29, 1.82) is 0 Å². The Morgan fingerprint density at radius 3 is 2.50 bits per heavy atom. The minimum absolute atomic E-state index is 0.271. The summed E-state index contributed by atoms with van der Waals surface area (Å²) >= 11 is 0. The summed E-state index contributed by atoms with van der Waals surface area (Å²) < 4.78 is 0. The molecule has 0 aromatic carbocycles. The van der Waals surface area contributed by atoms with E-state index >= 15 is 0 Å². The van der Waals surface area contributed by atoms with Crippen molar-refractivity contribution in [2.75, 3.05) is 11.2 Å². The number of anilines is 2. The first kappa shape index (κ1) is 4.85. The highest BCUT2D eigenvalue weighted by atomic mass is 15.4. The first-order valence-electron chi connectivity index (χ1n) is 1.97. The summed E-state index contributed by atoms with van der Waals surface area (Å²) in [6.07, 6.45) is 0. The van der Waals surface area contributed by atoms with Crippen molar-refractivity contribution in [3.05, 3.63) is 0 Å². The largest absolute Gasteiger partial charge is 0.379 e. The number of aromatic amines is 1. The Bertz CT molecular complexity index is 167. The van der Waals surface area contributed by atoms with Crippen LogP contribution in [-0.2, 0) is 0 Å². The number of rotatable bonds is 1. The predicted molar refractivity (Wildman–Crippen MR) is 28.6 cm³/mol. The lowest BCUT2D eigenvalue weighted by Gasteiger charge is -1.88. The topological polar surface area (TPSA) is 106 Å². The second kappa shape index (κ2) is 1.66. The van der Waals surface area contributed by atoms with Crippen LogP contribution in [0.5, 0.6) is 0 Å². The van der Waals surface area contributed by atoms with Crippen LogP contribution in [-0.4, -0.2) is 15.4 Å². The highest BCUT2D eigenvalue weighted by molar-refractivity contribution is 5.53. The SMILES string of the molecule is NNc1n[nH]nc1N. The van der Waals surface area contributed by atoms with Crippen LogP contribution in [0.25, 0.3) is 0 Å². The molecule has 1 aromatic rings. The van der Waals surface area contributed by atoms with Crippen molar-refractivity contribution < 1.29 is 0 Å². The van der Waals surface area contributed by atoms with Gasteiger partial charge in [-0.1, -0.05) is 0 Å². The fourth-order valence-electron chi connectivity index (χ4n) is 0.345. The van der Waals surface area contributed by atoms with Crippen LogP contribution in [0.1, 0.15) is 0 Å². The average Bonchev–Trinajstić information content (AvgIpc) is 2.14. The number of hydrogen-bond donors (Lipinski definition) is 4. The third-order valence-electron chi connectivity index (χ3n) is 0.712. The Labute approximate surface area is 45.2 Å². The summed E-state index contributed by atoms with van der Waals surface area (Å²) in [6.45, 7) is 0. The van der Waals surface area contributed by atoms with Gasteiger partial charge in [-0.15, -0.1) is 10.2 Å². The van der Waals surface area contributed by atoms with Gasteiger partial charge in [0.25, 0.3) is 0 Å². The molecule has 6 nitrogen and oxygen atoms in total. The van der Waals surface area contributed by atoms with Crippen LogP contribution in [0, 0.1) is 0 Å². The van der Waals surface area contributed by atoms with Crippen molar-refractivity contribution in [3.63, 3.8) is 0 Å². The summed E-state index contributed by atoms with van der Waals surface area (Å²) in [6, 6.07) is 0. The summed E-state index contributed by atoms with van der Waals surface area (Å²) in [5, 5.41) is 9.31. The van der Waals surface area contributed by atoms with E-state index in [0.717, 1.165) is 0 Å². The van der Waals surface area contributed by atoms with Crippen molar-refractivity contribution in [3.8, 4) is 0 Å². The van der Waals surface area contributed by atoms with Crippen LogP contribution < -0.4 is 17.0 Å². The number of nitrogens with zero attached hydrogens (tertiary/aromatic N) is 2. The van der Waals surface area contributed by atoms with Crippen LogP contribution in [0.15, 0.2) is 0 Å². The molecule has 1 heterocycles. The highest BCUT2D eigenvalue weighted by Crippen LogP contribution is 2.04. The molecule has 6 heteroatoms. The Hall–Kier alpha value is -1.30. The monoisotopic (exact) mass is 114 g/mol. The van der Waals surface area contributed by atoms with Gasteiger partial charge in [0, 0.05) is 0 Å². The fourth-order valence-corrected chi connectivity index (χ4v) is 0.345. The number of nitrogen functional groups attached to an aromatic ring is 2. The van der Waals surface area contributed by atoms with E-state index in [0.29, 0.717) is 5.82 Å². The molecule has 0 unspecified atom stereocenters. The van der Waals surface area contributed by atoms with Crippen LogP contribution >= 0.6 is 0 Å². The van der Waals surface area contributed by atoms with E-state index in [4.69, 9.17) is 11.6 Å². The molecule has 8 heavy (non-hydrogen) atoms. The maximum Gasteiger partial charge on any atom is 0.206 e. The smallest absolute Gasteiger partial charge is 0.206 e. The fraction of sp³-hybridized carbons (Fsp3) is 0. The Balaban J connectivity index is 2.92. The second-order valence-corrected chi connectivity index (χ2v) is 1.20. The number of hydrazine groups is 1. The Kier molecular flexibility index (Phi) is 1.01. The lowest BCUT2D eigenvalue weighted by molar-refractivity contribution is 0.942. The molecule has 0 aliphatic heterocycles. The van der Waals surface area contributed by atoms with Gasteiger partial charge < -0.3 is 11.2 Å². The lowest BCUT2D eigenvalue weighted by Crippen LogP contribution is -2.08. The molecule has 1 aromatic heterocycles. The summed E-state index contributed by atoms with van der Waals surface area (Å²) in [7, 11) is 0. The van der Waals surface area contributed by atoms with E-state index in [1.54, 1.807) is 0 Å². The first-order chi connectivity index (χ1) is 3.84. The van der Waals surface area contributed by atoms with Crippen molar-refractivity contribution in [2.45, 2.75) is 0 Å². The third-order valence-corrected chi connectivity index (χ3v) is 0.712. The van der Waals surface area contributed by atoms with Crippen molar-refractivity contribution in [2.24, 2.45) is 5.84 Å². The molecule has 0 amide bonds. The summed E-state index contributed by atoms with van der Waals surface area (Å²) in [4.78, 5) is 0. The summed E-state index contributed by atoms with van der Waals surface area (Å²) in [5.41, 5.74) is 7.45. The van der Waals surface area contributed by atoms with Gasteiger partial charge in [0.05, 0.1) is 0 Å². The van der Waals surface area contributed by atoms with E-state index in [-0.39, 0.29) is 5.82 Å². The summed E-state index contributed by atoms with van der Waals surface area (Å²) in [5.74, 6) is 5.58. The zero-order chi connectivity index (χ0) is 5.98. The van der Waals surface area contributed by atoms with E-state index < -0.39 is 0 Å². The van der Waals surface area contributed by atoms with E-state index in [1.807, 2.05) is 0 Å². The zero-order valence-electron chi connectivity index (χ0n) is 4.05. The minimum Gasteiger partial charge on any atom is -0.379 e. The van der Waals surface area contributed by atoms with Gasteiger partial charge in [-0.25, -0.2) is 5.84 Å². The number of aromatic nitrogens is 3. The van der Waals surface area contributed by atoms with E-state index in [1.165, 1.54) is 0 Å². The van der Waals surface area contributed by atoms with Gasteiger partial charge in [-0.05, 0) is 0 Å². The van der Waals surface area contributed by atoms with Gasteiger partial charge in [-0.2, -0.15) is 5.21 Å². The average molecular weight is 114 g/mol. The number of nitrogens with two attached hydrogens (primary N) is 2. The second-order valence-electron chi connectivity index (χ2n) is 1.20. The molecule has 6 N–H and O–H groups in total. The number of nitrogens with one attached hydrogen (secondary N) is 2. The minimum atomic E-state index is 0.271. The molecule has 0 fully saturated rings. The van der Waals surface area contributed by atoms with Crippen LogP contribution in [0.2, 0.25) is 0 Å². The molecule has 0 aliphatic carbocycles. The molecule has 0 bridgehead atoms. The van der Waals surface area contributed by atoms with E-state index in [9.17, 15) is 0 Å². The maximum atomic E-state index is 5.20. The Morgan fingerprint density at radius 1 is 1.50 bits per heavy atom. The van der Waals surface area contributed by atoms with Crippen LogP contribution in [0.4, 0.5) is 11.6 Å². The lowest BCUT2D eigenvalue weighted by atomic mass is 10.7. The quantitative estimate of drug-likeness (QED) is 0.267. The van der Waals surface area contributed by atoms with Crippen molar-refractivity contribution >= 4 is 11.6 Å². The van der Waals surface area contributed by atoms with Gasteiger partial charge in [-0.3, -0.25) is 0 Å². The van der Waals surface area contributed by atoms with Gasteiger partial charge in [0.15, 0.2) is 5.82 Å². The molecular formula is C2H6N6. The van der Waals surface area contributed by atoms with E-state index in [2.05, 4.69) is 20.8 Å². The number of hydrogen-bond acceptors (Lipinski definition) is 5. The third kappa shape index (κ3) is 0.562. The first-order valence-corrected chi connectivity index (χ1v) is 1.97. The molecule has 0 saturated carbocycles. The molecule has 0 atom stereocenters. The number of H-pyrrole nitrogens is 1. The van der Waals surface area contributed by atoms with Gasteiger partial charge in [0.2, 0.25) is 5.82 Å². The molecule has 0 radical (unpaired) electrons. The molecule has 44 valence electrons. The molecule has 1 rings (SSSR count). The predicted octanol–water partition coefficient (Wildman–Crippen LogP) is -1.33. The molecule has 0 aliphatic rings. The highest BCUT2D eigenvalue weighted by Gasteiger charge is 1.96. The molecule has 0 spiro atoms. The Morgan fingerprint density at radius 2 is 2.25 bits per heavy atom. The zero-order valence-corrected chi connectivity index (χ0v) is 4.05. The van der Waals surface area contributed by atoms with Gasteiger partial charge in [0.1, 0.15) is 0 Å². The molecular weight excluding hydrogens is 108 g/mol. The normalized spacial score (nSPS) is 9.12. The molecule has 0 saturated heterocycles. The van der Waals surface area contributed by atoms with Gasteiger partial charge >= 0.3 is 0 Å².